The van der Waals surface area contributed by atoms with Crippen LogP contribution in [0.2, 0.25) is 0 Å². The van der Waals surface area contributed by atoms with Crippen molar-refractivity contribution in [3.05, 3.63) is 29.8 Å². The van der Waals surface area contributed by atoms with Gasteiger partial charge in [0.1, 0.15) is 0 Å². The lowest BCUT2D eigenvalue weighted by Gasteiger charge is -2.22. The maximum Gasteiger partial charge on any atom is 0.238 e. The maximum atomic E-state index is 11.2. The Balaban J connectivity index is 1.85. The molecule has 0 aliphatic carbocycles. The van der Waals surface area contributed by atoms with Crippen molar-refractivity contribution in [2.24, 2.45) is 11.1 Å². The van der Waals surface area contributed by atoms with E-state index in [0.29, 0.717) is 12.5 Å². The van der Waals surface area contributed by atoms with Crippen LogP contribution in [-0.4, -0.2) is 28.2 Å². The number of rotatable bonds is 5. The van der Waals surface area contributed by atoms with Crippen LogP contribution < -0.4 is 10.5 Å². The summed E-state index contributed by atoms with van der Waals surface area (Å²) < 4.78 is 27.9. The lowest BCUT2D eigenvalue weighted by Crippen LogP contribution is -2.28. The van der Waals surface area contributed by atoms with Crippen molar-refractivity contribution in [1.82, 2.24) is 5.32 Å². The van der Waals surface area contributed by atoms with Gasteiger partial charge in [-0.15, -0.1) is 0 Å². The highest BCUT2D eigenvalue weighted by Gasteiger charge is 2.13. The lowest BCUT2D eigenvalue weighted by molar-refractivity contribution is 0.0547. The first-order valence-corrected chi connectivity index (χ1v) is 8.00. The van der Waals surface area contributed by atoms with Crippen molar-refractivity contribution >= 4 is 10.0 Å². The Hall–Kier alpha value is -0.950. The summed E-state index contributed by atoms with van der Waals surface area (Å²) >= 11 is 0. The van der Waals surface area contributed by atoms with Crippen LogP contribution in [0.5, 0.6) is 0 Å². The minimum absolute atomic E-state index is 0.160. The lowest BCUT2D eigenvalue weighted by atomic mass is 10.0. The summed E-state index contributed by atoms with van der Waals surface area (Å²) in [7, 11) is -3.62. The molecule has 5 nitrogen and oxygen atoms in total. The fraction of sp³-hybridized carbons (Fsp3) is 0.538. The Morgan fingerprint density at radius 1 is 1.42 bits per heavy atom. The summed E-state index contributed by atoms with van der Waals surface area (Å²) in [4.78, 5) is 0.160. The van der Waals surface area contributed by atoms with Crippen molar-refractivity contribution in [2.45, 2.75) is 24.3 Å². The number of sulfonamides is 1. The van der Waals surface area contributed by atoms with E-state index in [2.05, 4.69) is 5.32 Å². The third-order valence-corrected chi connectivity index (χ3v) is 4.15. The molecule has 19 heavy (non-hydrogen) atoms. The van der Waals surface area contributed by atoms with E-state index in [0.717, 1.165) is 31.7 Å². The molecule has 1 fully saturated rings. The smallest absolute Gasteiger partial charge is 0.238 e. The molecule has 1 saturated heterocycles. The molecular weight excluding hydrogens is 264 g/mol. The second-order valence-corrected chi connectivity index (χ2v) is 6.47. The minimum Gasteiger partial charge on any atom is -0.381 e. The molecular formula is C13H20N2O3S. The Kier molecular flexibility index (Phi) is 4.93. The van der Waals surface area contributed by atoms with Gasteiger partial charge >= 0.3 is 0 Å². The van der Waals surface area contributed by atoms with Gasteiger partial charge in [0.2, 0.25) is 10.0 Å². The van der Waals surface area contributed by atoms with E-state index in [-0.39, 0.29) is 4.90 Å². The molecule has 1 atom stereocenters. The van der Waals surface area contributed by atoms with Crippen molar-refractivity contribution in [2.75, 3.05) is 19.8 Å². The number of nitrogens with two attached hydrogens (primary N) is 1. The number of primary sulfonamides is 1. The standard InChI is InChI=1S/C13H20N2O3S/c14-19(16,17)13-5-1-3-11(7-13)8-15-9-12-4-2-6-18-10-12/h1,3,5,7,12,15H,2,4,6,8-10H2,(H2,14,16,17). The van der Waals surface area contributed by atoms with E-state index in [4.69, 9.17) is 9.88 Å². The zero-order valence-corrected chi connectivity index (χ0v) is 11.7. The normalized spacial score (nSPS) is 20.4. The van der Waals surface area contributed by atoms with E-state index in [9.17, 15) is 8.42 Å². The Morgan fingerprint density at radius 2 is 2.26 bits per heavy atom. The van der Waals surface area contributed by atoms with Gasteiger partial charge in [0.15, 0.2) is 0 Å². The number of hydrogen-bond acceptors (Lipinski definition) is 4. The zero-order chi connectivity index (χ0) is 13.7. The number of ether oxygens (including phenoxy) is 1. The molecule has 1 heterocycles. The van der Waals surface area contributed by atoms with Crippen LogP contribution in [-0.2, 0) is 21.3 Å². The van der Waals surface area contributed by atoms with Crippen molar-refractivity contribution in [3.8, 4) is 0 Å². The first-order valence-electron chi connectivity index (χ1n) is 6.46. The number of hydrogen-bond donors (Lipinski definition) is 2. The molecule has 6 heteroatoms. The second-order valence-electron chi connectivity index (χ2n) is 4.91. The van der Waals surface area contributed by atoms with Gasteiger partial charge in [-0.1, -0.05) is 12.1 Å². The molecule has 0 bridgehead atoms. The van der Waals surface area contributed by atoms with E-state index >= 15 is 0 Å². The molecule has 0 radical (unpaired) electrons. The number of nitrogens with one attached hydrogen (secondary N) is 1. The van der Waals surface area contributed by atoms with Crippen LogP contribution in [0.15, 0.2) is 29.2 Å². The van der Waals surface area contributed by atoms with Crippen LogP contribution >= 0.6 is 0 Å². The molecule has 0 amide bonds. The van der Waals surface area contributed by atoms with Crippen LogP contribution in [0, 0.1) is 5.92 Å². The van der Waals surface area contributed by atoms with Gasteiger partial charge in [0, 0.05) is 19.7 Å². The highest BCUT2D eigenvalue weighted by molar-refractivity contribution is 7.89. The molecule has 1 unspecified atom stereocenters. The van der Waals surface area contributed by atoms with Crippen LogP contribution in [0.3, 0.4) is 0 Å². The first-order chi connectivity index (χ1) is 9.05. The summed E-state index contributed by atoms with van der Waals surface area (Å²) in [6.07, 6.45) is 2.30. The van der Waals surface area contributed by atoms with Gasteiger partial charge < -0.3 is 10.1 Å². The van der Waals surface area contributed by atoms with Gasteiger partial charge in [-0.05, 0) is 36.5 Å². The van der Waals surface area contributed by atoms with Crippen LogP contribution in [0.25, 0.3) is 0 Å². The molecule has 1 aliphatic rings. The van der Waals surface area contributed by atoms with E-state index in [1.54, 1.807) is 12.1 Å². The van der Waals surface area contributed by atoms with E-state index in [1.165, 1.54) is 12.5 Å². The molecule has 106 valence electrons. The van der Waals surface area contributed by atoms with Crippen molar-refractivity contribution in [3.63, 3.8) is 0 Å². The first kappa shape index (κ1) is 14.5. The maximum absolute atomic E-state index is 11.2. The predicted octanol–water partition coefficient (Wildman–Crippen LogP) is 0.850. The third kappa shape index (κ3) is 4.58. The summed E-state index contributed by atoms with van der Waals surface area (Å²) in [5, 5.41) is 8.44. The van der Waals surface area contributed by atoms with Crippen molar-refractivity contribution in [1.29, 1.82) is 0 Å². The summed E-state index contributed by atoms with van der Waals surface area (Å²) in [5.74, 6) is 0.551. The quantitative estimate of drug-likeness (QED) is 0.840. The van der Waals surface area contributed by atoms with E-state index < -0.39 is 10.0 Å². The molecule has 1 aromatic carbocycles. The molecule has 0 spiro atoms. The highest BCUT2D eigenvalue weighted by atomic mass is 32.2. The monoisotopic (exact) mass is 284 g/mol. The van der Waals surface area contributed by atoms with Gasteiger partial charge in [0.05, 0.1) is 11.5 Å². The predicted molar refractivity (Wildman–Crippen MR) is 73.1 cm³/mol. The number of benzene rings is 1. The zero-order valence-electron chi connectivity index (χ0n) is 10.8. The summed E-state index contributed by atoms with van der Waals surface area (Å²) in [5.41, 5.74) is 0.920. The van der Waals surface area contributed by atoms with Gasteiger partial charge in [-0.3, -0.25) is 0 Å². The van der Waals surface area contributed by atoms with Gasteiger partial charge in [-0.25, -0.2) is 13.6 Å². The SMILES string of the molecule is NS(=O)(=O)c1cccc(CNCC2CCCOC2)c1. The molecule has 1 aliphatic heterocycles. The largest absolute Gasteiger partial charge is 0.381 e. The fourth-order valence-corrected chi connectivity index (χ4v) is 2.81. The Labute approximate surface area is 114 Å². The van der Waals surface area contributed by atoms with Gasteiger partial charge in [0.25, 0.3) is 0 Å². The molecule has 0 aromatic heterocycles. The van der Waals surface area contributed by atoms with Crippen LogP contribution in [0.1, 0.15) is 18.4 Å². The average Bonchev–Trinajstić information content (AvgIpc) is 2.39. The molecule has 1 aromatic rings. The van der Waals surface area contributed by atoms with Crippen molar-refractivity contribution < 1.29 is 13.2 Å². The fourth-order valence-electron chi connectivity index (χ4n) is 2.22. The topological polar surface area (TPSA) is 81.4 Å². The molecule has 2 rings (SSSR count). The molecule has 3 N–H and O–H groups in total. The van der Waals surface area contributed by atoms with Crippen LogP contribution in [0.4, 0.5) is 0 Å². The van der Waals surface area contributed by atoms with Gasteiger partial charge in [-0.2, -0.15) is 0 Å². The highest BCUT2D eigenvalue weighted by Crippen LogP contribution is 2.13. The Morgan fingerprint density at radius 3 is 2.95 bits per heavy atom. The minimum atomic E-state index is -3.62. The summed E-state index contributed by atoms with van der Waals surface area (Å²) in [6.45, 7) is 3.20. The second kappa shape index (κ2) is 6.47. The molecule has 0 saturated carbocycles. The average molecular weight is 284 g/mol. The summed E-state index contributed by atoms with van der Waals surface area (Å²) in [6, 6.07) is 6.72. The third-order valence-electron chi connectivity index (χ3n) is 3.24. The van der Waals surface area contributed by atoms with E-state index in [1.807, 2.05) is 6.07 Å². The Bertz CT molecular complexity index is 510.